The molecule has 0 radical (unpaired) electrons. The average molecular weight is 288 g/mol. The highest BCUT2D eigenvalue weighted by Gasteiger charge is 2.22. The predicted octanol–water partition coefficient (Wildman–Crippen LogP) is 0.165. The molecule has 2 aromatic rings. The number of nitrogens with zero attached hydrogens (tertiary/aromatic N) is 6. The normalized spacial score (nSPS) is 17.9. The standard InChI is InChI=1S/C14H20N6O/c1-12(21)11-18-7-9-19(10-8-18)14-15-16-17-20(14)13-5-3-2-4-6-13/h2-6,12,21H,7-11H2,1H3/t12-/m1/s1. The molecule has 1 aromatic carbocycles. The molecule has 1 aliphatic rings. The molecule has 0 spiro atoms. The first-order valence-electron chi connectivity index (χ1n) is 7.23. The van der Waals surface area contributed by atoms with Crippen LogP contribution in [0.3, 0.4) is 0 Å². The zero-order chi connectivity index (χ0) is 14.7. The molecule has 3 rings (SSSR count). The average Bonchev–Trinajstić information content (AvgIpc) is 2.98. The summed E-state index contributed by atoms with van der Waals surface area (Å²) in [6.45, 7) is 6.08. The molecule has 1 fully saturated rings. The van der Waals surface area contributed by atoms with Crippen LogP contribution in [0.15, 0.2) is 30.3 Å². The van der Waals surface area contributed by atoms with Crippen molar-refractivity contribution in [1.82, 2.24) is 25.1 Å². The number of β-amino-alcohol motifs (C(OH)–C–C–N with tert-alkyl or cyclic N) is 1. The van der Waals surface area contributed by atoms with Crippen LogP contribution in [0.5, 0.6) is 0 Å². The first-order valence-corrected chi connectivity index (χ1v) is 7.23. The van der Waals surface area contributed by atoms with Crippen LogP contribution in [0, 0.1) is 0 Å². The Morgan fingerprint density at radius 2 is 1.86 bits per heavy atom. The Morgan fingerprint density at radius 1 is 1.14 bits per heavy atom. The van der Waals surface area contributed by atoms with Crippen LogP contribution in [-0.4, -0.2) is 69.0 Å². The number of para-hydroxylation sites is 1. The van der Waals surface area contributed by atoms with Gasteiger partial charge in [0.25, 0.3) is 0 Å². The molecule has 0 aliphatic carbocycles. The fourth-order valence-electron chi connectivity index (χ4n) is 2.62. The van der Waals surface area contributed by atoms with Crippen LogP contribution in [0.25, 0.3) is 5.69 Å². The first kappa shape index (κ1) is 14.0. The molecule has 21 heavy (non-hydrogen) atoms. The number of hydrogen-bond donors (Lipinski definition) is 1. The van der Waals surface area contributed by atoms with Crippen molar-refractivity contribution < 1.29 is 5.11 Å². The highest BCUT2D eigenvalue weighted by molar-refractivity contribution is 5.40. The third kappa shape index (κ3) is 3.20. The van der Waals surface area contributed by atoms with Crippen LogP contribution in [0.4, 0.5) is 5.95 Å². The monoisotopic (exact) mass is 288 g/mol. The van der Waals surface area contributed by atoms with E-state index in [9.17, 15) is 5.11 Å². The molecule has 0 unspecified atom stereocenters. The lowest BCUT2D eigenvalue weighted by molar-refractivity contribution is 0.122. The SMILES string of the molecule is C[C@@H](O)CN1CCN(c2nnnn2-c2ccccc2)CC1. The Morgan fingerprint density at radius 3 is 2.52 bits per heavy atom. The smallest absolute Gasteiger partial charge is 0.250 e. The van der Waals surface area contributed by atoms with Crippen molar-refractivity contribution in [2.75, 3.05) is 37.6 Å². The van der Waals surface area contributed by atoms with Crippen LogP contribution < -0.4 is 4.90 Å². The first-order chi connectivity index (χ1) is 10.2. The largest absolute Gasteiger partial charge is 0.392 e. The van der Waals surface area contributed by atoms with Gasteiger partial charge in [-0.15, -0.1) is 0 Å². The molecule has 1 atom stereocenters. The van der Waals surface area contributed by atoms with Gasteiger partial charge in [0.1, 0.15) is 0 Å². The molecule has 2 heterocycles. The zero-order valence-electron chi connectivity index (χ0n) is 12.1. The number of benzene rings is 1. The molecule has 112 valence electrons. The number of rotatable bonds is 4. The number of aliphatic hydroxyl groups is 1. The second kappa shape index (κ2) is 6.19. The van der Waals surface area contributed by atoms with Gasteiger partial charge in [0.2, 0.25) is 5.95 Å². The van der Waals surface area contributed by atoms with E-state index in [-0.39, 0.29) is 6.10 Å². The van der Waals surface area contributed by atoms with Crippen molar-refractivity contribution in [3.8, 4) is 5.69 Å². The van der Waals surface area contributed by atoms with Gasteiger partial charge >= 0.3 is 0 Å². The Hall–Kier alpha value is -1.99. The van der Waals surface area contributed by atoms with Crippen molar-refractivity contribution in [1.29, 1.82) is 0 Å². The number of piperazine rings is 1. The maximum absolute atomic E-state index is 9.46. The maximum Gasteiger partial charge on any atom is 0.250 e. The van der Waals surface area contributed by atoms with E-state index in [0.717, 1.165) is 44.4 Å². The lowest BCUT2D eigenvalue weighted by Crippen LogP contribution is -2.49. The van der Waals surface area contributed by atoms with Gasteiger partial charge in [-0.1, -0.05) is 23.3 Å². The molecule has 1 N–H and O–H groups in total. The Kier molecular flexibility index (Phi) is 4.12. The van der Waals surface area contributed by atoms with E-state index in [2.05, 4.69) is 25.3 Å². The molecule has 0 bridgehead atoms. The second-order valence-electron chi connectivity index (χ2n) is 5.36. The van der Waals surface area contributed by atoms with Gasteiger partial charge in [-0.3, -0.25) is 4.90 Å². The summed E-state index contributed by atoms with van der Waals surface area (Å²) in [5.74, 6) is 0.776. The van der Waals surface area contributed by atoms with Crippen molar-refractivity contribution in [3.63, 3.8) is 0 Å². The van der Waals surface area contributed by atoms with Crippen LogP contribution in [0.2, 0.25) is 0 Å². The topological polar surface area (TPSA) is 70.3 Å². The molecular weight excluding hydrogens is 268 g/mol. The third-order valence-electron chi connectivity index (χ3n) is 3.63. The predicted molar refractivity (Wildman–Crippen MR) is 79.5 cm³/mol. The quantitative estimate of drug-likeness (QED) is 0.864. The number of hydrogen-bond acceptors (Lipinski definition) is 6. The summed E-state index contributed by atoms with van der Waals surface area (Å²) in [7, 11) is 0. The molecule has 0 amide bonds. The molecule has 1 aromatic heterocycles. The lowest BCUT2D eigenvalue weighted by Gasteiger charge is -2.35. The van der Waals surface area contributed by atoms with E-state index >= 15 is 0 Å². The van der Waals surface area contributed by atoms with Gasteiger partial charge in [-0.2, -0.15) is 4.68 Å². The van der Waals surface area contributed by atoms with Gasteiger partial charge in [-0.25, -0.2) is 0 Å². The highest BCUT2D eigenvalue weighted by atomic mass is 16.3. The van der Waals surface area contributed by atoms with Gasteiger partial charge in [0.05, 0.1) is 11.8 Å². The van der Waals surface area contributed by atoms with E-state index < -0.39 is 0 Å². The molecule has 7 nitrogen and oxygen atoms in total. The highest BCUT2D eigenvalue weighted by Crippen LogP contribution is 2.16. The number of tetrazole rings is 1. The van der Waals surface area contributed by atoms with E-state index in [1.807, 2.05) is 37.3 Å². The number of anilines is 1. The van der Waals surface area contributed by atoms with Crippen molar-refractivity contribution >= 4 is 5.95 Å². The number of aromatic nitrogens is 4. The van der Waals surface area contributed by atoms with Crippen LogP contribution >= 0.6 is 0 Å². The second-order valence-corrected chi connectivity index (χ2v) is 5.36. The van der Waals surface area contributed by atoms with Gasteiger partial charge in [0.15, 0.2) is 0 Å². The third-order valence-corrected chi connectivity index (χ3v) is 3.63. The molecule has 7 heteroatoms. The summed E-state index contributed by atoms with van der Waals surface area (Å²) in [6.07, 6.45) is -0.286. The molecule has 1 saturated heterocycles. The van der Waals surface area contributed by atoms with Gasteiger partial charge < -0.3 is 10.0 Å². The van der Waals surface area contributed by atoms with Crippen LogP contribution in [-0.2, 0) is 0 Å². The van der Waals surface area contributed by atoms with Crippen molar-refractivity contribution in [2.45, 2.75) is 13.0 Å². The lowest BCUT2D eigenvalue weighted by atomic mass is 10.3. The fraction of sp³-hybridized carbons (Fsp3) is 0.500. The molecule has 0 saturated carbocycles. The van der Waals surface area contributed by atoms with Crippen molar-refractivity contribution in [3.05, 3.63) is 30.3 Å². The Labute approximate surface area is 123 Å². The summed E-state index contributed by atoms with van der Waals surface area (Å²) in [6, 6.07) is 9.90. The van der Waals surface area contributed by atoms with Gasteiger partial charge in [-0.05, 0) is 29.5 Å². The van der Waals surface area contributed by atoms with E-state index in [0.29, 0.717) is 0 Å². The Bertz CT molecular complexity index is 562. The summed E-state index contributed by atoms with van der Waals surface area (Å²) in [5, 5.41) is 21.5. The van der Waals surface area contributed by atoms with E-state index in [4.69, 9.17) is 0 Å². The van der Waals surface area contributed by atoms with E-state index in [1.165, 1.54) is 0 Å². The number of aliphatic hydroxyl groups excluding tert-OH is 1. The minimum absolute atomic E-state index is 0.286. The Balaban J connectivity index is 1.71. The minimum atomic E-state index is -0.286. The summed E-state index contributed by atoms with van der Waals surface area (Å²) in [4.78, 5) is 4.45. The van der Waals surface area contributed by atoms with E-state index in [1.54, 1.807) is 4.68 Å². The van der Waals surface area contributed by atoms with Crippen LogP contribution in [0.1, 0.15) is 6.92 Å². The fourth-order valence-corrected chi connectivity index (χ4v) is 2.62. The summed E-state index contributed by atoms with van der Waals surface area (Å²) in [5.41, 5.74) is 0.962. The summed E-state index contributed by atoms with van der Waals surface area (Å²) >= 11 is 0. The minimum Gasteiger partial charge on any atom is -0.392 e. The molecule has 1 aliphatic heterocycles. The maximum atomic E-state index is 9.46. The van der Waals surface area contributed by atoms with Gasteiger partial charge in [0, 0.05) is 32.7 Å². The van der Waals surface area contributed by atoms with Crippen molar-refractivity contribution in [2.24, 2.45) is 0 Å². The molecular formula is C14H20N6O. The summed E-state index contributed by atoms with van der Waals surface area (Å²) < 4.78 is 1.77. The zero-order valence-corrected chi connectivity index (χ0v) is 12.1.